The summed E-state index contributed by atoms with van der Waals surface area (Å²) in [5.41, 5.74) is 3.78. The fraction of sp³-hybridized carbons (Fsp3) is 0.350. The van der Waals surface area contributed by atoms with Crippen LogP contribution in [0.25, 0.3) is 21.3 Å². The summed E-state index contributed by atoms with van der Waals surface area (Å²) >= 11 is 1.39. The van der Waals surface area contributed by atoms with E-state index in [9.17, 15) is 18.0 Å². The van der Waals surface area contributed by atoms with Gasteiger partial charge in [0.15, 0.2) is 9.84 Å². The van der Waals surface area contributed by atoms with Gasteiger partial charge in [0.25, 0.3) is 5.56 Å². The molecule has 1 aliphatic rings. The molecule has 0 bridgehead atoms. The van der Waals surface area contributed by atoms with Gasteiger partial charge < -0.3 is 5.32 Å². The molecule has 1 amide bonds. The minimum absolute atomic E-state index is 0.0492. The number of fused-ring (bicyclic) bond motifs is 1. The Morgan fingerprint density at radius 1 is 1.31 bits per heavy atom. The average molecular weight is 432 g/mol. The smallest absolute Gasteiger partial charge is 0.263 e. The zero-order valence-electron chi connectivity index (χ0n) is 16.1. The summed E-state index contributed by atoms with van der Waals surface area (Å²) in [6, 6.07) is 5.65. The summed E-state index contributed by atoms with van der Waals surface area (Å²) in [6.07, 6.45) is 1.78. The van der Waals surface area contributed by atoms with Crippen LogP contribution in [0, 0.1) is 13.8 Å². The lowest BCUT2D eigenvalue weighted by molar-refractivity contribution is -0.122. The van der Waals surface area contributed by atoms with Crippen LogP contribution in [0.2, 0.25) is 0 Å². The van der Waals surface area contributed by atoms with Gasteiger partial charge in [0, 0.05) is 17.0 Å². The van der Waals surface area contributed by atoms with Crippen LogP contribution in [-0.4, -0.2) is 41.4 Å². The Morgan fingerprint density at radius 2 is 2.10 bits per heavy atom. The second kappa shape index (κ2) is 7.38. The van der Waals surface area contributed by atoms with Gasteiger partial charge in [0.05, 0.1) is 23.2 Å². The number of carbonyl (C=O) groups is 1. The molecule has 1 N–H and O–H groups in total. The Hall–Kier alpha value is -2.52. The first-order chi connectivity index (χ1) is 13.7. The van der Waals surface area contributed by atoms with Crippen LogP contribution >= 0.6 is 11.3 Å². The van der Waals surface area contributed by atoms with Crippen LogP contribution in [0.5, 0.6) is 0 Å². The van der Waals surface area contributed by atoms with Crippen molar-refractivity contribution in [1.29, 1.82) is 0 Å². The van der Waals surface area contributed by atoms with Gasteiger partial charge in [-0.2, -0.15) is 0 Å². The molecular weight excluding hydrogens is 410 g/mol. The maximum absolute atomic E-state index is 13.1. The molecule has 0 unspecified atom stereocenters. The van der Waals surface area contributed by atoms with Gasteiger partial charge in [-0.25, -0.2) is 13.4 Å². The molecule has 1 aliphatic heterocycles. The quantitative estimate of drug-likeness (QED) is 0.682. The number of rotatable bonds is 4. The van der Waals surface area contributed by atoms with Crippen molar-refractivity contribution in [3.05, 3.63) is 51.4 Å². The highest BCUT2D eigenvalue weighted by molar-refractivity contribution is 7.91. The first-order valence-corrected chi connectivity index (χ1v) is 12.0. The first-order valence-electron chi connectivity index (χ1n) is 9.27. The summed E-state index contributed by atoms with van der Waals surface area (Å²) in [7, 11) is -3.08. The predicted octanol–water partition coefficient (Wildman–Crippen LogP) is 2.05. The number of amides is 1. The summed E-state index contributed by atoms with van der Waals surface area (Å²) in [5, 5.41) is 5.12. The van der Waals surface area contributed by atoms with Gasteiger partial charge in [-0.3, -0.25) is 14.2 Å². The minimum Gasteiger partial charge on any atom is -0.351 e. The molecule has 0 radical (unpaired) electrons. The molecule has 3 heterocycles. The highest BCUT2D eigenvalue weighted by atomic mass is 32.2. The van der Waals surface area contributed by atoms with E-state index in [1.54, 1.807) is 0 Å². The van der Waals surface area contributed by atoms with E-state index in [2.05, 4.69) is 10.3 Å². The lowest BCUT2D eigenvalue weighted by Crippen LogP contribution is -2.39. The zero-order valence-corrected chi connectivity index (χ0v) is 17.8. The molecule has 152 valence electrons. The van der Waals surface area contributed by atoms with Crippen LogP contribution in [-0.2, 0) is 21.2 Å². The van der Waals surface area contributed by atoms with Crippen molar-refractivity contribution in [2.24, 2.45) is 0 Å². The van der Waals surface area contributed by atoms with E-state index < -0.39 is 21.8 Å². The second-order valence-corrected chi connectivity index (χ2v) is 10.6. The largest absolute Gasteiger partial charge is 0.351 e. The van der Waals surface area contributed by atoms with Gasteiger partial charge in [-0.1, -0.05) is 18.2 Å². The number of carbonyl (C=O) groups excluding carboxylic acids is 1. The number of thiophene rings is 1. The van der Waals surface area contributed by atoms with E-state index in [4.69, 9.17) is 0 Å². The van der Waals surface area contributed by atoms with E-state index in [1.165, 1.54) is 27.8 Å². The lowest BCUT2D eigenvalue weighted by atomic mass is 10.0. The Morgan fingerprint density at radius 3 is 2.79 bits per heavy atom. The number of sulfone groups is 1. The fourth-order valence-corrected chi connectivity index (χ4v) is 6.12. The van der Waals surface area contributed by atoms with Crippen LogP contribution in [0.3, 0.4) is 0 Å². The highest BCUT2D eigenvalue weighted by Gasteiger charge is 2.29. The van der Waals surface area contributed by atoms with Crippen LogP contribution in [0.4, 0.5) is 0 Å². The van der Waals surface area contributed by atoms with E-state index >= 15 is 0 Å². The normalized spacial score (nSPS) is 18.2. The molecule has 0 aliphatic carbocycles. The average Bonchev–Trinajstić information content (AvgIpc) is 3.23. The SMILES string of the molecule is Cc1ccc(-c2csc3ncn(CC(=O)N[C@H]4CCS(=O)(=O)C4)c(=O)c23)cc1C. The molecule has 3 aromatic rings. The van der Waals surface area contributed by atoms with Crippen LogP contribution in [0.15, 0.2) is 34.7 Å². The monoisotopic (exact) mass is 431 g/mol. The summed E-state index contributed by atoms with van der Waals surface area (Å²) < 4.78 is 24.4. The van der Waals surface area contributed by atoms with Gasteiger partial charge in [-0.05, 0) is 37.0 Å². The van der Waals surface area contributed by atoms with Gasteiger partial charge >= 0.3 is 0 Å². The number of hydrogen-bond acceptors (Lipinski definition) is 6. The molecule has 0 spiro atoms. The van der Waals surface area contributed by atoms with Crippen molar-refractivity contribution in [1.82, 2.24) is 14.9 Å². The maximum Gasteiger partial charge on any atom is 0.263 e. The molecular formula is C20H21N3O4S2. The van der Waals surface area contributed by atoms with Crippen molar-refractivity contribution in [2.75, 3.05) is 11.5 Å². The number of benzene rings is 1. The number of hydrogen-bond donors (Lipinski definition) is 1. The van der Waals surface area contributed by atoms with Crippen molar-refractivity contribution in [3.63, 3.8) is 0 Å². The van der Waals surface area contributed by atoms with E-state index in [1.807, 2.05) is 37.4 Å². The van der Waals surface area contributed by atoms with Crippen molar-refractivity contribution in [3.8, 4) is 11.1 Å². The number of aryl methyl sites for hydroxylation is 2. The van der Waals surface area contributed by atoms with Gasteiger partial charge in [0.2, 0.25) is 5.91 Å². The Balaban J connectivity index is 1.63. The number of aromatic nitrogens is 2. The minimum atomic E-state index is -3.08. The third-order valence-electron chi connectivity index (χ3n) is 5.29. The summed E-state index contributed by atoms with van der Waals surface area (Å²) in [4.78, 5) is 30.4. The van der Waals surface area contributed by atoms with Gasteiger partial charge in [-0.15, -0.1) is 11.3 Å². The highest BCUT2D eigenvalue weighted by Crippen LogP contribution is 2.31. The Kier molecular flexibility index (Phi) is 5.04. The molecule has 1 aromatic carbocycles. The third-order valence-corrected chi connectivity index (χ3v) is 7.94. The lowest BCUT2D eigenvalue weighted by Gasteiger charge is -2.12. The Bertz CT molecular complexity index is 1270. The summed E-state index contributed by atoms with van der Waals surface area (Å²) in [6.45, 7) is 3.87. The fourth-order valence-electron chi connectivity index (χ4n) is 3.54. The molecule has 0 saturated carbocycles. The summed E-state index contributed by atoms with van der Waals surface area (Å²) in [5.74, 6) is -0.357. The molecule has 1 fully saturated rings. The van der Waals surface area contributed by atoms with E-state index in [0.717, 1.165) is 16.7 Å². The predicted molar refractivity (Wildman–Crippen MR) is 114 cm³/mol. The van der Waals surface area contributed by atoms with Crippen molar-refractivity contribution < 1.29 is 13.2 Å². The molecule has 7 nitrogen and oxygen atoms in total. The second-order valence-electron chi connectivity index (χ2n) is 7.47. The molecule has 29 heavy (non-hydrogen) atoms. The topological polar surface area (TPSA) is 98.1 Å². The van der Waals surface area contributed by atoms with Gasteiger partial charge in [0.1, 0.15) is 11.4 Å². The molecule has 9 heteroatoms. The van der Waals surface area contributed by atoms with E-state index in [-0.39, 0.29) is 23.6 Å². The number of nitrogens with one attached hydrogen (secondary N) is 1. The number of nitrogens with zero attached hydrogens (tertiary/aromatic N) is 2. The molecule has 2 aromatic heterocycles. The Labute approximate surface area is 172 Å². The van der Waals surface area contributed by atoms with Crippen LogP contribution < -0.4 is 10.9 Å². The molecule has 1 atom stereocenters. The third kappa shape index (κ3) is 3.97. The standard InChI is InChI=1S/C20H21N3O4S2/c1-12-3-4-14(7-13(12)2)16-9-28-19-18(16)20(25)23(11-21-19)8-17(24)22-15-5-6-29(26,27)10-15/h3-4,7,9,11,15H,5-6,8,10H2,1-2H3,(H,22,24)/t15-/m0/s1. The van der Waals surface area contributed by atoms with Crippen molar-refractivity contribution in [2.45, 2.75) is 32.9 Å². The van der Waals surface area contributed by atoms with Crippen LogP contribution in [0.1, 0.15) is 17.5 Å². The first kappa shape index (κ1) is 19.8. The molecule has 4 rings (SSSR count). The molecule has 1 saturated heterocycles. The zero-order chi connectivity index (χ0) is 20.8. The van der Waals surface area contributed by atoms with Crippen molar-refractivity contribution >= 4 is 37.3 Å². The maximum atomic E-state index is 13.1. The van der Waals surface area contributed by atoms with E-state index in [0.29, 0.717) is 16.6 Å².